The Hall–Kier alpha value is -4.12. The smallest absolute Gasteiger partial charge is 0.253 e. The number of ketones is 1. The third kappa shape index (κ3) is 4.94. The van der Waals surface area contributed by atoms with E-state index in [1.165, 1.54) is 25.3 Å². The number of hydrogen-bond donors (Lipinski definition) is 1. The van der Waals surface area contributed by atoms with Gasteiger partial charge in [-0.3, -0.25) is 14.6 Å². The highest BCUT2D eigenvalue weighted by atomic mass is 19.1. The summed E-state index contributed by atoms with van der Waals surface area (Å²) in [6.07, 6.45) is 2.88. The van der Waals surface area contributed by atoms with Crippen LogP contribution in [0.1, 0.15) is 51.7 Å². The number of rotatable bonds is 5. The van der Waals surface area contributed by atoms with Gasteiger partial charge in [-0.1, -0.05) is 12.1 Å². The second kappa shape index (κ2) is 9.79. The minimum Gasteiger partial charge on any atom is -0.355 e. The van der Waals surface area contributed by atoms with E-state index in [0.717, 1.165) is 0 Å². The monoisotopic (exact) mass is 457 g/mol. The minimum absolute atomic E-state index is 0.0187. The first-order chi connectivity index (χ1) is 16.4. The van der Waals surface area contributed by atoms with Crippen LogP contribution in [-0.2, 0) is 0 Å². The Balaban J connectivity index is 1.38. The number of pyridine rings is 2. The molecule has 1 aliphatic rings. The molecule has 3 aromatic rings. The third-order valence-electron chi connectivity index (χ3n) is 5.97. The summed E-state index contributed by atoms with van der Waals surface area (Å²) < 4.78 is 13.4. The van der Waals surface area contributed by atoms with Gasteiger partial charge in [0.2, 0.25) is 0 Å². The molecule has 7 nitrogen and oxygen atoms in total. The van der Waals surface area contributed by atoms with Crippen molar-refractivity contribution in [1.82, 2.24) is 15.3 Å². The summed E-state index contributed by atoms with van der Waals surface area (Å²) in [6, 6.07) is 13.3. The SMILES string of the molecule is CC(=O)c1cc(C#N)c(N2CCC(NC(=O)c3ccc(-c4cccc(F)c4)nc3)CC2)nc1C. The highest BCUT2D eigenvalue weighted by molar-refractivity contribution is 5.96. The zero-order chi connectivity index (χ0) is 24.2. The van der Waals surface area contributed by atoms with Gasteiger partial charge in [0.15, 0.2) is 5.78 Å². The van der Waals surface area contributed by atoms with Gasteiger partial charge in [0.05, 0.1) is 22.5 Å². The van der Waals surface area contributed by atoms with Crippen LogP contribution < -0.4 is 10.2 Å². The molecule has 1 N–H and O–H groups in total. The average molecular weight is 458 g/mol. The fraction of sp³-hybridized carbons (Fsp3) is 0.269. The lowest BCUT2D eigenvalue weighted by Crippen LogP contribution is -2.45. The molecule has 0 saturated carbocycles. The van der Waals surface area contributed by atoms with Gasteiger partial charge in [-0.15, -0.1) is 0 Å². The molecule has 1 aromatic carbocycles. The Morgan fingerprint density at radius 3 is 2.56 bits per heavy atom. The first-order valence-electron chi connectivity index (χ1n) is 11.1. The van der Waals surface area contributed by atoms with E-state index in [9.17, 15) is 19.2 Å². The maximum atomic E-state index is 13.4. The van der Waals surface area contributed by atoms with Crippen molar-refractivity contribution in [2.75, 3.05) is 18.0 Å². The number of aromatic nitrogens is 2. The number of anilines is 1. The molecule has 0 unspecified atom stereocenters. The molecule has 4 rings (SSSR count). The maximum Gasteiger partial charge on any atom is 0.253 e. The number of carbonyl (C=O) groups is 2. The van der Waals surface area contributed by atoms with Gasteiger partial charge in [-0.25, -0.2) is 9.37 Å². The number of hydrogen-bond acceptors (Lipinski definition) is 6. The number of nitrogens with zero attached hydrogens (tertiary/aromatic N) is 4. The lowest BCUT2D eigenvalue weighted by atomic mass is 10.0. The van der Waals surface area contributed by atoms with Crippen LogP contribution in [0.25, 0.3) is 11.3 Å². The summed E-state index contributed by atoms with van der Waals surface area (Å²) in [7, 11) is 0. The van der Waals surface area contributed by atoms with Gasteiger partial charge < -0.3 is 10.2 Å². The van der Waals surface area contributed by atoms with Crippen molar-refractivity contribution in [3.63, 3.8) is 0 Å². The third-order valence-corrected chi connectivity index (χ3v) is 5.97. The Morgan fingerprint density at radius 2 is 1.94 bits per heavy atom. The van der Waals surface area contributed by atoms with Gasteiger partial charge >= 0.3 is 0 Å². The van der Waals surface area contributed by atoms with Gasteiger partial charge in [0, 0.05) is 36.5 Å². The van der Waals surface area contributed by atoms with E-state index < -0.39 is 0 Å². The average Bonchev–Trinajstić information content (AvgIpc) is 2.84. The topological polar surface area (TPSA) is 99.0 Å². The molecular formula is C26H24FN5O2. The molecular weight excluding hydrogens is 433 g/mol. The fourth-order valence-electron chi connectivity index (χ4n) is 4.12. The van der Waals surface area contributed by atoms with E-state index in [0.29, 0.717) is 65.4 Å². The Bertz CT molecular complexity index is 1280. The largest absolute Gasteiger partial charge is 0.355 e. The summed E-state index contributed by atoms with van der Waals surface area (Å²) in [5, 5.41) is 12.6. The number of nitrogens with one attached hydrogen (secondary N) is 1. The van der Waals surface area contributed by atoms with E-state index in [1.54, 1.807) is 37.3 Å². The molecule has 1 aliphatic heterocycles. The summed E-state index contributed by atoms with van der Waals surface area (Å²) in [5.74, 6) is -0.0939. The standard InChI is InChI=1S/C26H24FN5O2/c1-16-23(17(2)33)13-20(14-28)25(30-16)32-10-8-22(9-11-32)31-26(34)19-6-7-24(29-15-19)18-4-3-5-21(27)12-18/h3-7,12-13,15,22H,8-11H2,1-2H3,(H,31,34). The number of piperidine rings is 1. The predicted octanol–water partition coefficient (Wildman–Crippen LogP) is 4.06. The molecule has 0 aliphatic carbocycles. The Kier molecular flexibility index (Phi) is 6.64. The van der Waals surface area contributed by atoms with Crippen molar-refractivity contribution in [1.29, 1.82) is 5.26 Å². The molecule has 34 heavy (non-hydrogen) atoms. The lowest BCUT2D eigenvalue weighted by molar-refractivity contribution is 0.0930. The molecule has 0 atom stereocenters. The molecule has 1 fully saturated rings. The number of nitriles is 1. The molecule has 172 valence electrons. The summed E-state index contributed by atoms with van der Waals surface area (Å²) >= 11 is 0. The van der Waals surface area contributed by atoms with Gasteiger partial charge in [-0.05, 0) is 57.0 Å². The fourth-order valence-corrected chi connectivity index (χ4v) is 4.12. The molecule has 0 radical (unpaired) electrons. The van der Waals surface area contributed by atoms with Crippen molar-refractivity contribution < 1.29 is 14.0 Å². The number of Topliss-reactive ketones (excluding diaryl/α,β-unsaturated/α-hetero) is 1. The summed E-state index contributed by atoms with van der Waals surface area (Å²) in [6.45, 7) is 4.48. The molecule has 2 aromatic heterocycles. The number of halogens is 1. The normalized spacial score (nSPS) is 13.9. The molecule has 0 spiro atoms. The van der Waals surface area contributed by atoms with Crippen molar-refractivity contribution >= 4 is 17.5 Å². The minimum atomic E-state index is -0.338. The van der Waals surface area contributed by atoms with Crippen LogP contribution in [0.3, 0.4) is 0 Å². The van der Waals surface area contributed by atoms with Crippen LogP contribution in [0, 0.1) is 24.1 Å². The Labute approximate surface area is 197 Å². The highest BCUT2D eigenvalue weighted by Crippen LogP contribution is 2.25. The van der Waals surface area contributed by atoms with E-state index >= 15 is 0 Å². The van der Waals surface area contributed by atoms with Gasteiger partial charge in [-0.2, -0.15) is 5.26 Å². The van der Waals surface area contributed by atoms with Crippen LogP contribution >= 0.6 is 0 Å². The van der Waals surface area contributed by atoms with Crippen LogP contribution in [0.2, 0.25) is 0 Å². The number of benzene rings is 1. The first kappa shape index (κ1) is 23.1. The highest BCUT2D eigenvalue weighted by Gasteiger charge is 2.25. The van der Waals surface area contributed by atoms with Crippen LogP contribution in [0.15, 0.2) is 48.7 Å². The molecule has 8 heteroatoms. The quantitative estimate of drug-likeness (QED) is 0.580. The summed E-state index contributed by atoms with van der Waals surface area (Å²) in [4.78, 5) is 35.3. The van der Waals surface area contributed by atoms with Crippen molar-refractivity contribution in [2.24, 2.45) is 0 Å². The first-order valence-corrected chi connectivity index (χ1v) is 11.1. The second-order valence-corrected chi connectivity index (χ2v) is 8.34. The second-order valence-electron chi connectivity index (χ2n) is 8.34. The van der Waals surface area contributed by atoms with Crippen LogP contribution in [0.4, 0.5) is 10.2 Å². The van der Waals surface area contributed by atoms with Crippen LogP contribution in [-0.4, -0.2) is 40.8 Å². The number of aryl methyl sites for hydroxylation is 1. The van der Waals surface area contributed by atoms with Crippen molar-refractivity contribution in [2.45, 2.75) is 32.7 Å². The van der Waals surface area contributed by atoms with Gasteiger partial charge in [0.1, 0.15) is 17.7 Å². The van der Waals surface area contributed by atoms with E-state index in [2.05, 4.69) is 21.4 Å². The zero-order valence-corrected chi connectivity index (χ0v) is 19.0. The lowest BCUT2D eigenvalue weighted by Gasteiger charge is -2.33. The zero-order valence-electron chi connectivity index (χ0n) is 19.0. The number of amides is 1. The van der Waals surface area contributed by atoms with E-state index in [-0.39, 0.29) is 23.5 Å². The molecule has 0 bridgehead atoms. The van der Waals surface area contributed by atoms with Crippen molar-refractivity contribution in [3.05, 3.63) is 76.9 Å². The Morgan fingerprint density at radius 1 is 1.18 bits per heavy atom. The molecule has 1 saturated heterocycles. The predicted molar refractivity (Wildman–Crippen MR) is 126 cm³/mol. The van der Waals surface area contributed by atoms with Gasteiger partial charge in [0.25, 0.3) is 5.91 Å². The summed E-state index contributed by atoms with van der Waals surface area (Å²) in [5.41, 5.74) is 3.12. The van der Waals surface area contributed by atoms with Crippen molar-refractivity contribution in [3.8, 4) is 17.3 Å². The number of carbonyl (C=O) groups excluding carboxylic acids is 2. The molecule has 3 heterocycles. The van der Waals surface area contributed by atoms with Crippen LogP contribution in [0.5, 0.6) is 0 Å². The molecule has 1 amide bonds. The maximum absolute atomic E-state index is 13.4. The van der Waals surface area contributed by atoms with E-state index in [4.69, 9.17) is 0 Å². The van der Waals surface area contributed by atoms with E-state index in [1.807, 2.05) is 4.90 Å².